The van der Waals surface area contributed by atoms with Gasteiger partial charge in [-0.05, 0) is 61.1 Å². The molecule has 4 heteroatoms. The van der Waals surface area contributed by atoms with Crippen LogP contribution in [0.15, 0.2) is 4.47 Å². The highest BCUT2D eigenvalue weighted by atomic mass is 79.9. The van der Waals surface area contributed by atoms with Crippen LogP contribution >= 0.6 is 15.9 Å². The van der Waals surface area contributed by atoms with Crippen molar-refractivity contribution < 1.29 is 0 Å². The third-order valence-corrected chi connectivity index (χ3v) is 4.25. The standard InChI is InChI=1S/C12H20BrN3/c1-3-10-12(13)11(16(4-2)15-10)7-9-5-6-14-8-9/h9,14H,3-8H2,1-2H3. The van der Waals surface area contributed by atoms with Gasteiger partial charge in [-0.3, -0.25) is 4.68 Å². The molecule has 0 aliphatic carbocycles. The van der Waals surface area contributed by atoms with Gasteiger partial charge in [0.15, 0.2) is 0 Å². The topological polar surface area (TPSA) is 29.9 Å². The molecule has 3 nitrogen and oxygen atoms in total. The van der Waals surface area contributed by atoms with E-state index in [1.165, 1.54) is 28.8 Å². The van der Waals surface area contributed by atoms with E-state index in [0.29, 0.717) is 0 Å². The maximum atomic E-state index is 4.64. The molecule has 90 valence electrons. The van der Waals surface area contributed by atoms with Crippen LogP contribution in [0.4, 0.5) is 0 Å². The van der Waals surface area contributed by atoms with Gasteiger partial charge in [0.1, 0.15) is 0 Å². The van der Waals surface area contributed by atoms with Crippen molar-refractivity contribution in [2.24, 2.45) is 5.92 Å². The van der Waals surface area contributed by atoms with Crippen LogP contribution in [0.25, 0.3) is 0 Å². The normalized spacial score (nSPS) is 20.6. The summed E-state index contributed by atoms with van der Waals surface area (Å²) >= 11 is 3.71. The minimum atomic E-state index is 0.781. The first-order chi connectivity index (χ1) is 7.76. The minimum Gasteiger partial charge on any atom is -0.316 e. The summed E-state index contributed by atoms with van der Waals surface area (Å²) in [6.07, 6.45) is 3.45. The Hall–Kier alpha value is -0.350. The first-order valence-electron chi connectivity index (χ1n) is 6.21. The molecule has 1 aromatic rings. The van der Waals surface area contributed by atoms with E-state index in [4.69, 9.17) is 0 Å². The lowest BCUT2D eigenvalue weighted by atomic mass is 10.0. The van der Waals surface area contributed by atoms with Crippen LogP contribution in [0, 0.1) is 5.92 Å². The fourth-order valence-electron chi connectivity index (χ4n) is 2.37. The van der Waals surface area contributed by atoms with E-state index in [1.807, 2.05) is 0 Å². The molecule has 1 fully saturated rings. The molecule has 2 heterocycles. The molecule has 0 amide bonds. The van der Waals surface area contributed by atoms with Crippen molar-refractivity contribution >= 4 is 15.9 Å². The van der Waals surface area contributed by atoms with Gasteiger partial charge in [-0.1, -0.05) is 6.92 Å². The third-order valence-electron chi connectivity index (χ3n) is 3.34. The molecule has 0 bridgehead atoms. The Labute approximate surface area is 106 Å². The van der Waals surface area contributed by atoms with Gasteiger partial charge < -0.3 is 5.32 Å². The van der Waals surface area contributed by atoms with Crippen LogP contribution in [0.5, 0.6) is 0 Å². The minimum absolute atomic E-state index is 0.781. The van der Waals surface area contributed by atoms with Gasteiger partial charge in [-0.2, -0.15) is 5.10 Å². The summed E-state index contributed by atoms with van der Waals surface area (Å²) < 4.78 is 3.39. The Morgan fingerprint density at radius 2 is 2.31 bits per heavy atom. The number of nitrogens with one attached hydrogen (secondary N) is 1. The molecule has 1 unspecified atom stereocenters. The van der Waals surface area contributed by atoms with Gasteiger partial charge in [0, 0.05) is 6.54 Å². The quantitative estimate of drug-likeness (QED) is 0.921. The van der Waals surface area contributed by atoms with E-state index < -0.39 is 0 Å². The second kappa shape index (κ2) is 5.32. The molecule has 0 saturated carbocycles. The average Bonchev–Trinajstić information content (AvgIpc) is 2.89. The molecular formula is C12H20BrN3. The van der Waals surface area contributed by atoms with Crippen LogP contribution in [0.3, 0.4) is 0 Å². The lowest BCUT2D eigenvalue weighted by Crippen LogP contribution is -2.13. The molecule has 1 aliphatic rings. The largest absolute Gasteiger partial charge is 0.316 e. The zero-order chi connectivity index (χ0) is 11.5. The molecular weight excluding hydrogens is 266 g/mol. The van der Waals surface area contributed by atoms with E-state index in [-0.39, 0.29) is 0 Å². The first-order valence-corrected chi connectivity index (χ1v) is 7.00. The number of nitrogens with zero attached hydrogens (tertiary/aromatic N) is 2. The molecule has 1 aliphatic heterocycles. The van der Waals surface area contributed by atoms with E-state index in [0.717, 1.165) is 31.8 Å². The van der Waals surface area contributed by atoms with Gasteiger partial charge >= 0.3 is 0 Å². The number of hydrogen-bond donors (Lipinski definition) is 1. The molecule has 16 heavy (non-hydrogen) atoms. The average molecular weight is 286 g/mol. The van der Waals surface area contributed by atoms with Crippen LogP contribution < -0.4 is 5.32 Å². The first kappa shape index (κ1) is 12.1. The lowest BCUT2D eigenvalue weighted by Gasteiger charge is -2.10. The molecule has 1 aromatic heterocycles. The maximum Gasteiger partial charge on any atom is 0.0766 e. The zero-order valence-corrected chi connectivity index (χ0v) is 11.7. The van der Waals surface area contributed by atoms with Crippen molar-refractivity contribution in [2.75, 3.05) is 13.1 Å². The van der Waals surface area contributed by atoms with Crippen molar-refractivity contribution in [1.82, 2.24) is 15.1 Å². The highest BCUT2D eigenvalue weighted by molar-refractivity contribution is 9.10. The van der Waals surface area contributed by atoms with E-state index in [1.54, 1.807) is 0 Å². The number of aromatic nitrogens is 2. The zero-order valence-electron chi connectivity index (χ0n) is 10.1. The Morgan fingerprint density at radius 3 is 2.88 bits per heavy atom. The highest BCUT2D eigenvalue weighted by Gasteiger charge is 2.20. The van der Waals surface area contributed by atoms with Gasteiger partial charge in [0.05, 0.1) is 15.9 Å². The fourth-order valence-corrected chi connectivity index (χ4v) is 3.10. The number of aryl methyl sites for hydroxylation is 2. The van der Waals surface area contributed by atoms with Crippen molar-refractivity contribution in [3.63, 3.8) is 0 Å². The van der Waals surface area contributed by atoms with Gasteiger partial charge in [0.2, 0.25) is 0 Å². The predicted octanol–water partition coefficient (Wildman–Crippen LogP) is 2.38. The summed E-state index contributed by atoms with van der Waals surface area (Å²) in [5.74, 6) is 0.781. The third kappa shape index (κ3) is 2.33. The Kier molecular flexibility index (Phi) is 4.03. The van der Waals surface area contributed by atoms with Crippen LogP contribution in [-0.4, -0.2) is 22.9 Å². The lowest BCUT2D eigenvalue weighted by molar-refractivity contribution is 0.527. The molecule has 2 rings (SSSR count). The summed E-state index contributed by atoms with van der Waals surface area (Å²) in [7, 11) is 0. The Bertz CT molecular complexity index is 353. The van der Waals surface area contributed by atoms with Crippen LogP contribution in [0.2, 0.25) is 0 Å². The Balaban J connectivity index is 2.19. The number of halogens is 1. The SMILES string of the molecule is CCc1nn(CC)c(CC2CCNC2)c1Br. The van der Waals surface area contributed by atoms with E-state index in [2.05, 4.69) is 44.9 Å². The second-order valence-electron chi connectivity index (χ2n) is 4.44. The molecule has 1 saturated heterocycles. The second-order valence-corrected chi connectivity index (χ2v) is 5.23. The maximum absolute atomic E-state index is 4.64. The fraction of sp³-hybridized carbons (Fsp3) is 0.750. The summed E-state index contributed by atoms with van der Waals surface area (Å²) in [6, 6.07) is 0. The van der Waals surface area contributed by atoms with E-state index >= 15 is 0 Å². The van der Waals surface area contributed by atoms with Crippen molar-refractivity contribution in [2.45, 2.75) is 39.7 Å². The number of hydrogen-bond acceptors (Lipinski definition) is 2. The smallest absolute Gasteiger partial charge is 0.0766 e. The predicted molar refractivity (Wildman–Crippen MR) is 69.7 cm³/mol. The van der Waals surface area contributed by atoms with Gasteiger partial charge in [-0.15, -0.1) is 0 Å². The van der Waals surface area contributed by atoms with Crippen molar-refractivity contribution in [3.8, 4) is 0 Å². The summed E-state index contributed by atoms with van der Waals surface area (Å²) in [5.41, 5.74) is 2.58. The van der Waals surface area contributed by atoms with Gasteiger partial charge in [0.25, 0.3) is 0 Å². The summed E-state index contributed by atoms with van der Waals surface area (Å²) in [6.45, 7) is 7.61. The molecule has 1 atom stereocenters. The van der Waals surface area contributed by atoms with E-state index in [9.17, 15) is 0 Å². The van der Waals surface area contributed by atoms with Crippen molar-refractivity contribution in [1.29, 1.82) is 0 Å². The summed E-state index contributed by atoms with van der Waals surface area (Å²) in [4.78, 5) is 0. The van der Waals surface area contributed by atoms with Crippen LogP contribution in [-0.2, 0) is 19.4 Å². The van der Waals surface area contributed by atoms with Crippen LogP contribution in [0.1, 0.15) is 31.7 Å². The number of rotatable bonds is 4. The molecule has 0 aromatic carbocycles. The Morgan fingerprint density at radius 1 is 1.50 bits per heavy atom. The van der Waals surface area contributed by atoms with Crippen molar-refractivity contribution in [3.05, 3.63) is 15.9 Å². The molecule has 1 N–H and O–H groups in total. The molecule has 0 radical (unpaired) electrons. The summed E-state index contributed by atoms with van der Waals surface area (Å²) in [5, 5.41) is 8.06. The highest BCUT2D eigenvalue weighted by Crippen LogP contribution is 2.26. The molecule has 0 spiro atoms. The monoisotopic (exact) mass is 285 g/mol. The van der Waals surface area contributed by atoms with Gasteiger partial charge in [-0.25, -0.2) is 0 Å².